The molecule has 0 radical (unpaired) electrons. The van der Waals surface area contributed by atoms with Crippen molar-refractivity contribution in [2.75, 3.05) is 5.73 Å². The first-order valence-electron chi connectivity index (χ1n) is 7.18. The Labute approximate surface area is 136 Å². The van der Waals surface area contributed by atoms with Gasteiger partial charge in [-0.15, -0.1) is 0 Å². The molecule has 0 spiro atoms. The van der Waals surface area contributed by atoms with Gasteiger partial charge in [-0.1, -0.05) is 56.6 Å². The van der Waals surface area contributed by atoms with E-state index in [1.54, 1.807) is 24.3 Å². The smallest absolute Gasteiger partial charge is 0.252 e. The molecule has 0 saturated heterocycles. The maximum atomic E-state index is 12.2. The van der Waals surface area contributed by atoms with Crippen LogP contribution in [-0.2, 0) is 5.41 Å². The normalized spacial score (nSPS) is 12.7. The molecule has 1 atom stereocenters. The lowest BCUT2D eigenvalue weighted by molar-refractivity contribution is 0.0948. The number of benzene rings is 2. The maximum absolute atomic E-state index is 12.2. The van der Waals surface area contributed by atoms with Gasteiger partial charge in [0.15, 0.2) is 0 Å². The van der Waals surface area contributed by atoms with E-state index in [9.17, 15) is 4.79 Å². The minimum absolute atomic E-state index is 0.0635. The molecule has 3 N–H and O–H groups in total. The van der Waals surface area contributed by atoms with E-state index in [4.69, 9.17) is 17.3 Å². The Balaban J connectivity index is 2.07. The number of anilines is 1. The number of carbonyl (C=O) groups excluding carboxylic acids is 1. The van der Waals surface area contributed by atoms with Crippen molar-refractivity contribution in [2.24, 2.45) is 0 Å². The van der Waals surface area contributed by atoms with Gasteiger partial charge in [0.05, 0.1) is 0 Å². The molecule has 4 heteroatoms. The molecule has 0 aliphatic heterocycles. The Morgan fingerprint density at radius 2 is 1.59 bits per heavy atom. The van der Waals surface area contributed by atoms with Crippen LogP contribution in [-0.4, -0.2) is 5.91 Å². The number of hydrogen-bond donors (Lipinski definition) is 2. The van der Waals surface area contributed by atoms with Crippen molar-refractivity contribution in [3.8, 4) is 0 Å². The van der Waals surface area contributed by atoms with Gasteiger partial charge in [-0.2, -0.15) is 0 Å². The van der Waals surface area contributed by atoms with E-state index in [2.05, 4.69) is 26.1 Å². The number of nitrogens with two attached hydrogens (primary N) is 1. The lowest BCUT2D eigenvalue weighted by Crippen LogP contribution is -2.25. The molecule has 0 bridgehead atoms. The van der Waals surface area contributed by atoms with Crippen LogP contribution in [0.2, 0.25) is 0 Å². The molecule has 116 valence electrons. The lowest BCUT2D eigenvalue weighted by atomic mass is 9.87. The monoisotopic (exact) mass is 316 g/mol. The van der Waals surface area contributed by atoms with Gasteiger partial charge in [0.2, 0.25) is 0 Å². The van der Waals surface area contributed by atoms with Crippen LogP contribution < -0.4 is 11.1 Å². The van der Waals surface area contributed by atoms with Crippen LogP contribution in [0.25, 0.3) is 0 Å². The summed E-state index contributed by atoms with van der Waals surface area (Å²) in [5, 5.41) is 2.78. The second kappa shape index (κ2) is 6.41. The second-order valence-electron chi connectivity index (χ2n) is 6.33. The molecule has 2 rings (SSSR count). The summed E-state index contributed by atoms with van der Waals surface area (Å²) in [5.74, 6) is -0.197. The zero-order valence-electron chi connectivity index (χ0n) is 13.1. The minimum Gasteiger partial charge on any atom is -0.399 e. The Bertz CT molecular complexity index is 642. The summed E-state index contributed by atoms with van der Waals surface area (Å²) >= 11 is 6.23. The molecule has 2 aromatic carbocycles. The molecule has 0 aromatic heterocycles. The third-order valence-electron chi connectivity index (χ3n) is 3.50. The van der Waals surface area contributed by atoms with E-state index in [1.807, 2.05) is 24.3 Å². The van der Waals surface area contributed by atoms with E-state index in [-0.39, 0.29) is 11.3 Å². The minimum atomic E-state index is -0.588. The highest BCUT2D eigenvalue weighted by molar-refractivity contribution is 6.22. The van der Waals surface area contributed by atoms with Crippen molar-refractivity contribution in [3.05, 3.63) is 65.2 Å². The maximum Gasteiger partial charge on any atom is 0.252 e. The van der Waals surface area contributed by atoms with Gasteiger partial charge in [0.25, 0.3) is 5.91 Å². The SMILES string of the molecule is CC(C)(C)c1ccc(C(=O)NC(Cl)c2ccc(N)cc2)cc1. The predicted molar refractivity (Wildman–Crippen MR) is 92.1 cm³/mol. The highest BCUT2D eigenvalue weighted by Gasteiger charge is 2.16. The van der Waals surface area contributed by atoms with Crippen LogP contribution in [0.15, 0.2) is 48.5 Å². The Morgan fingerprint density at radius 1 is 1.05 bits per heavy atom. The number of hydrogen-bond acceptors (Lipinski definition) is 2. The average Bonchev–Trinajstić information content (AvgIpc) is 2.47. The van der Waals surface area contributed by atoms with Gasteiger partial charge >= 0.3 is 0 Å². The number of halogens is 1. The molecular weight excluding hydrogens is 296 g/mol. The topological polar surface area (TPSA) is 55.1 Å². The lowest BCUT2D eigenvalue weighted by Gasteiger charge is -2.19. The van der Waals surface area contributed by atoms with E-state index in [1.165, 1.54) is 5.56 Å². The van der Waals surface area contributed by atoms with Gasteiger partial charge in [-0.25, -0.2) is 0 Å². The van der Waals surface area contributed by atoms with Crippen LogP contribution in [0.5, 0.6) is 0 Å². The molecule has 1 unspecified atom stereocenters. The fraction of sp³-hybridized carbons (Fsp3) is 0.278. The van der Waals surface area contributed by atoms with E-state index in [0.717, 1.165) is 5.56 Å². The third kappa shape index (κ3) is 4.01. The highest BCUT2D eigenvalue weighted by atomic mass is 35.5. The van der Waals surface area contributed by atoms with Gasteiger partial charge in [0, 0.05) is 11.3 Å². The molecule has 0 heterocycles. The van der Waals surface area contributed by atoms with Crippen LogP contribution in [0.3, 0.4) is 0 Å². The Morgan fingerprint density at radius 3 is 2.09 bits per heavy atom. The van der Waals surface area contributed by atoms with Gasteiger partial charge < -0.3 is 11.1 Å². The quantitative estimate of drug-likeness (QED) is 0.505. The molecular formula is C18H21ClN2O. The predicted octanol–water partition coefficient (Wildman–Crippen LogP) is 4.23. The molecule has 1 amide bonds. The highest BCUT2D eigenvalue weighted by Crippen LogP contribution is 2.23. The molecule has 0 saturated carbocycles. The number of amides is 1. The Kier molecular flexibility index (Phi) is 4.77. The number of nitrogen functional groups attached to an aromatic ring is 1. The summed E-state index contributed by atoms with van der Waals surface area (Å²) in [6.45, 7) is 6.41. The van der Waals surface area contributed by atoms with E-state index < -0.39 is 5.50 Å². The molecule has 22 heavy (non-hydrogen) atoms. The van der Waals surface area contributed by atoms with Crippen LogP contribution in [0, 0.1) is 0 Å². The number of rotatable bonds is 3. The fourth-order valence-electron chi connectivity index (χ4n) is 2.07. The molecule has 0 fully saturated rings. The third-order valence-corrected chi connectivity index (χ3v) is 3.86. The summed E-state index contributed by atoms with van der Waals surface area (Å²) in [7, 11) is 0. The number of alkyl halides is 1. The van der Waals surface area contributed by atoms with Crippen LogP contribution >= 0.6 is 11.6 Å². The summed E-state index contributed by atoms with van der Waals surface area (Å²) in [6.07, 6.45) is 0. The van der Waals surface area contributed by atoms with Crippen molar-refractivity contribution >= 4 is 23.2 Å². The summed E-state index contributed by atoms with van der Waals surface area (Å²) in [5.41, 5.74) is 8.36. The largest absolute Gasteiger partial charge is 0.399 e. The Hall–Kier alpha value is -2.00. The summed E-state index contributed by atoms with van der Waals surface area (Å²) < 4.78 is 0. The van der Waals surface area contributed by atoms with Crippen molar-refractivity contribution in [2.45, 2.75) is 31.7 Å². The molecule has 0 aliphatic rings. The van der Waals surface area contributed by atoms with Crippen LogP contribution in [0.1, 0.15) is 47.8 Å². The van der Waals surface area contributed by atoms with Gasteiger partial charge in [-0.3, -0.25) is 4.79 Å². The average molecular weight is 317 g/mol. The zero-order chi connectivity index (χ0) is 16.3. The molecule has 3 nitrogen and oxygen atoms in total. The molecule has 0 aliphatic carbocycles. The van der Waals surface area contributed by atoms with E-state index in [0.29, 0.717) is 11.3 Å². The summed E-state index contributed by atoms with van der Waals surface area (Å²) in [4.78, 5) is 12.2. The number of nitrogens with one attached hydrogen (secondary N) is 1. The first kappa shape index (κ1) is 16.4. The first-order chi connectivity index (χ1) is 10.3. The summed E-state index contributed by atoms with van der Waals surface area (Å²) in [6, 6.07) is 14.7. The zero-order valence-corrected chi connectivity index (χ0v) is 13.8. The van der Waals surface area contributed by atoms with Crippen molar-refractivity contribution in [1.29, 1.82) is 0 Å². The number of carbonyl (C=O) groups is 1. The molecule has 2 aromatic rings. The standard InChI is InChI=1S/C18H21ClN2O/c1-18(2,3)14-8-4-13(5-9-14)17(22)21-16(19)12-6-10-15(20)11-7-12/h4-11,16H,20H2,1-3H3,(H,21,22). The van der Waals surface area contributed by atoms with E-state index >= 15 is 0 Å². The van der Waals surface area contributed by atoms with Crippen molar-refractivity contribution < 1.29 is 4.79 Å². The van der Waals surface area contributed by atoms with Crippen molar-refractivity contribution in [3.63, 3.8) is 0 Å². The van der Waals surface area contributed by atoms with Gasteiger partial charge in [-0.05, 0) is 40.8 Å². The van der Waals surface area contributed by atoms with Gasteiger partial charge in [0.1, 0.15) is 5.50 Å². The van der Waals surface area contributed by atoms with Crippen molar-refractivity contribution in [1.82, 2.24) is 5.32 Å². The second-order valence-corrected chi connectivity index (χ2v) is 6.77. The van der Waals surface area contributed by atoms with Crippen LogP contribution in [0.4, 0.5) is 5.69 Å². The fourth-order valence-corrected chi connectivity index (χ4v) is 2.31. The first-order valence-corrected chi connectivity index (χ1v) is 7.62.